The van der Waals surface area contributed by atoms with Crippen molar-refractivity contribution in [2.45, 2.75) is 58.1 Å². The highest BCUT2D eigenvalue weighted by Crippen LogP contribution is 2.23. The topological polar surface area (TPSA) is 113 Å². The van der Waals surface area contributed by atoms with E-state index in [1.807, 2.05) is 0 Å². The molecule has 1 unspecified atom stereocenters. The minimum Gasteiger partial charge on any atom is -0.480 e. The lowest BCUT2D eigenvalue weighted by molar-refractivity contribution is -0.144. The Morgan fingerprint density at radius 2 is 1.57 bits per heavy atom. The Bertz CT molecular complexity index is 763. The number of fused-ring (bicyclic) bond motifs is 1. The average molecular weight is 390 g/mol. The van der Waals surface area contributed by atoms with Crippen LogP contribution in [0.25, 0.3) is 0 Å². The second kappa shape index (κ2) is 8.00. The number of hydrogen-bond acceptors (Lipinski definition) is 5. The summed E-state index contributed by atoms with van der Waals surface area (Å²) in [6, 6.07) is 6.63. The van der Waals surface area contributed by atoms with Crippen LogP contribution in [0, 0.1) is 0 Å². The second-order valence-electron chi connectivity index (χ2n) is 8.03. The predicted molar refractivity (Wildman–Crippen MR) is 101 cm³/mol. The summed E-state index contributed by atoms with van der Waals surface area (Å²) in [7, 11) is 0. The molecule has 1 atom stereocenters. The third-order valence-electron chi connectivity index (χ3n) is 4.44. The van der Waals surface area contributed by atoms with E-state index in [0.29, 0.717) is 24.0 Å². The van der Waals surface area contributed by atoms with E-state index in [4.69, 9.17) is 4.74 Å². The van der Waals surface area contributed by atoms with Crippen molar-refractivity contribution in [3.8, 4) is 0 Å². The molecule has 0 radical (unpaired) electrons. The van der Waals surface area contributed by atoms with Crippen molar-refractivity contribution in [1.82, 2.24) is 10.2 Å². The van der Waals surface area contributed by atoms with Gasteiger partial charge >= 0.3 is 12.1 Å². The highest BCUT2D eigenvalue weighted by molar-refractivity contribution is 6.21. The maximum Gasteiger partial charge on any atom is 0.408 e. The van der Waals surface area contributed by atoms with Crippen LogP contribution in [0.5, 0.6) is 0 Å². The van der Waals surface area contributed by atoms with Gasteiger partial charge in [0.25, 0.3) is 11.8 Å². The maximum absolute atomic E-state index is 12.3. The van der Waals surface area contributed by atoms with Gasteiger partial charge in [-0.05, 0) is 59.1 Å². The number of hydrogen-bond donors (Lipinski definition) is 2. The van der Waals surface area contributed by atoms with Gasteiger partial charge in [0.1, 0.15) is 11.1 Å². The quantitative estimate of drug-likeness (QED) is 0.547. The number of carbonyl (C=O) groups excluding carboxylic acids is 3. The van der Waals surface area contributed by atoms with E-state index in [0.717, 1.165) is 0 Å². The molecule has 0 saturated heterocycles. The van der Waals surface area contributed by atoms with E-state index in [2.05, 4.69) is 5.32 Å². The molecule has 0 bridgehead atoms. The fourth-order valence-electron chi connectivity index (χ4n) is 2.94. The molecule has 8 heteroatoms. The lowest BCUT2D eigenvalue weighted by Crippen LogP contribution is -2.53. The number of imide groups is 1. The van der Waals surface area contributed by atoms with E-state index in [-0.39, 0.29) is 24.8 Å². The average Bonchev–Trinajstić information content (AvgIpc) is 2.81. The minimum absolute atomic E-state index is 0.130. The number of carboxylic acids is 1. The minimum atomic E-state index is -1.51. The summed E-state index contributed by atoms with van der Waals surface area (Å²) in [4.78, 5) is 49.4. The van der Waals surface area contributed by atoms with Crippen molar-refractivity contribution in [3.05, 3.63) is 35.4 Å². The molecule has 8 nitrogen and oxygen atoms in total. The van der Waals surface area contributed by atoms with Crippen LogP contribution in [0.4, 0.5) is 4.79 Å². The van der Waals surface area contributed by atoms with Crippen molar-refractivity contribution >= 4 is 23.9 Å². The summed E-state index contributed by atoms with van der Waals surface area (Å²) in [6.07, 6.45) is 0.138. The normalized spacial score (nSPS) is 15.8. The maximum atomic E-state index is 12.3. The Labute approximate surface area is 163 Å². The van der Waals surface area contributed by atoms with E-state index >= 15 is 0 Å². The Hall–Kier alpha value is -2.90. The molecule has 1 aliphatic rings. The summed E-state index contributed by atoms with van der Waals surface area (Å²) >= 11 is 0. The molecule has 2 N–H and O–H groups in total. The molecule has 1 heterocycles. The molecule has 152 valence electrons. The first-order valence-electron chi connectivity index (χ1n) is 9.14. The zero-order chi connectivity index (χ0) is 21.1. The number of alkyl carbamates (subject to hydrolysis) is 1. The molecular weight excluding hydrogens is 364 g/mol. The zero-order valence-electron chi connectivity index (χ0n) is 16.6. The van der Waals surface area contributed by atoms with Crippen LogP contribution in [0.2, 0.25) is 0 Å². The molecule has 0 saturated carbocycles. The van der Waals surface area contributed by atoms with Crippen molar-refractivity contribution in [1.29, 1.82) is 0 Å². The first-order valence-corrected chi connectivity index (χ1v) is 9.14. The highest BCUT2D eigenvalue weighted by Gasteiger charge is 2.37. The molecule has 3 amide bonds. The monoisotopic (exact) mass is 390 g/mol. The number of rotatable bonds is 7. The lowest BCUT2D eigenvalue weighted by Gasteiger charge is -2.28. The number of unbranched alkanes of at least 4 members (excludes halogenated alkanes) is 1. The number of aliphatic carboxylic acids is 1. The molecular formula is C20H26N2O6. The van der Waals surface area contributed by atoms with Crippen LogP contribution in [-0.4, -0.2) is 51.6 Å². The van der Waals surface area contributed by atoms with Crippen LogP contribution in [0.15, 0.2) is 24.3 Å². The van der Waals surface area contributed by atoms with E-state index in [9.17, 15) is 24.3 Å². The SMILES string of the molecule is CC(C)(C)OC(=O)NC(C)(CCCCN1C(=O)c2ccccc2C1=O)C(=O)O. The molecule has 0 fully saturated rings. The van der Waals surface area contributed by atoms with Crippen LogP contribution < -0.4 is 5.32 Å². The molecule has 1 aromatic rings. The fraction of sp³-hybridized carbons (Fsp3) is 0.500. The van der Waals surface area contributed by atoms with Crippen molar-refractivity contribution in [3.63, 3.8) is 0 Å². The first-order chi connectivity index (χ1) is 12.9. The van der Waals surface area contributed by atoms with Gasteiger partial charge in [-0.25, -0.2) is 9.59 Å². The van der Waals surface area contributed by atoms with Crippen LogP contribution in [-0.2, 0) is 9.53 Å². The van der Waals surface area contributed by atoms with Crippen LogP contribution >= 0.6 is 0 Å². The van der Waals surface area contributed by atoms with Gasteiger partial charge in [0.2, 0.25) is 0 Å². The van der Waals surface area contributed by atoms with E-state index in [1.54, 1.807) is 45.0 Å². The van der Waals surface area contributed by atoms with Gasteiger partial charge in [0.05, 0.1) is 11.1 Å². The molecule has 0 aliphatic carbocycles. The summed E-state index contributed by atoms with van der Waals surface area (Å²) in [6.45, 7) is 6.65. The summed E-state index contributed by atoms with van der Waals surface area (Å²) in [5.41, 5.74) is -1.48. The summed E-state index contributed by atoms with van der Waals surface area (Å²) in [5.74, 6) is -1.86. The molecule has 0 spiro atoms. The van der Waals surface area contributed by atoms with Crippen molar-refractivity contribution in [2.24, 2.45) is 0 Å². The van der Waals surface area contributed by atoms with Gasteiger partial charge in [-0.15, -0.1) is 0 Å². The zero-order valence-corrected chi connectivity index (χ0v) is 16.6. The van der Waals surface area contributed by atoms with Gasteiger partial charge in [-0.2, -0.15) is 0 Å². The second-order valence-corrected chi connectivity index (χ2v) is 8.03. The number of carboxylic acid groups (broad SMARTS) is 1. The van der Waals surface area contributed by atoms with Crippen molar-refractivity contribution in [2.75, 3.05) is 6.54 Å². The number of nitrogens with zero attached hydrogens (tertiary/aromatic N) is 1. The third kappa shape index (κ3) is 4.88. The Morgan fingerprint density at radius 3 is 2.04 bits per heavy atom. The molecule has 1 aromatic carbocycles. The molecule has 28 heavy (non-hydrogen) atoms. The van der Waals surface area contributed by atoms with Crippen LogP contribution in [0.3, 0.4) is 0 Å². The van der Waals surface area contributed by atoms with Crippen molar-refractivity contribution < 1.29 is 29.0 Å². The summed E-state index contributed by atoms with van der Waals surface area (Å²) in [5, 5.41) is 11.9. The third-order valence-corrected chi connectivity index (χ3v) is 4.44. The lowest BCUT2D eigenvalue weighted by atomic mass is 9.95. The largest absolute Gasteiger partial charge is 0.480 e. The fourth-order valence-corrected chi connectivity index (χ4v) is 2.94. The number of ether oxygens (including phenoxy) is 1. The van der Waals surface area contributed by atoms with Gasteiger partial charge in [0.15, 0.2) is 0 Å². The number of carbonyl (C=O) groups is 4. The Kier molecular flexibility index (Phi) is 6.11. The predicted octanol–water partition coefficient (Wildman–Crippen LogP) is 2.82. The van der Waals surface area contributed by atoms with Crippen LogP contribution in [0.1, 0.15) is 67.7 Å². The van der Waals surface area contributed by atoms with E-state index in [1.165, 1.54) is 11.8 Å². The molecule has 2 rings (SSSR count). The van der Waals surface area contributed by atoms with Gasteiger partial charge in [-0.1, -0.05) is 12.1 Å². The van der Waals surface area contributed by atoms with Gasteiger partial charge < -0.3 is 15.2 Å². The van der Waals surface area contributed by atoms with E-state index < -0.39 is 23.2 Å². The number of benzene rings is 1. The summed E-state index contributed by atoms with van der Waals surface area (Å²) < 4.78 is 5.12. The number of amides is 3. The first kappa shape index (κ1) is 21.4. The van der Waals surface area contributed by atoms with Gasteiger partial charge in [-0.3, -0.25) is 14.5 Å². The Balaban J connectivity index is 1.90. The number of nitrogens with one attached hydrogen (secondary N) is 1. The highest BCUT2D eigenvalue weighted by atomic mass is 16.6. The molecule has 1 aliphatic heterocycles. The smallest absolute Gasteiger partial charge is 0.408 e. The standard InChI is InChI=1S/C20H26N2O6/c1-19(2,3)28-18(27)21-20(4,17(25)26)11-7-8-12-22-15(23)13-9-5-6-10-14(13)16(22)24/h5-6,9-10H,7-8,11-12H2,1-4H3,(H,21,27)(H,25,26). The Morgan fingerprint density at radius 1 is 1.04 bits per heavy atom. The molecule has 0 aromatic heterocycles. The van der Waals surface area contributed by atoms with Gasteiger partial charge in [0, 0.05) is 6.54 Å².